The summed E-state index contributed by atoms with van der Waals surface area (Å²) in [6.07, 6.45) is 2.24. The summed E-state index contributed by atoms with van der Waals surface area (Å²) in [7, 11) is 0. The summed E-state index contributed by atoms with van der Waals surface area (Å²) in [6, 6.07) is 0. The fourth-order valence-electron chi connectivity index (χ4n) is 1.14. The molecule has 1 saturated carbocycles. The molecule has 0 aromatic rings. The Morgan fingerprint density at radius 1 is 1.50 bits per heavy atom. The van der Waals surface area contributed by atoms with Crippen LogP contribution < -0.4 is 0 Å². The monoisotopic (exact) mass is 108 g/mol. The average molecular weight is 108 g/mol. The zero-order valence-corrected chi connectivity index (χ0v) is 5.41. The lowest BCUT2D eigenvalue weighted by molar-refractivity contribution is 0.742. The lowest BCUT2D eigenvalue weighted by Crippen LogP contribution is -1.84. The molecule has 0 heterocycles. The summed E-state index contributed by atoms with van der Waals surface area (Å²) in [4.78, 5) is 0. The maximum atomic E-state index is 3.92. The van der Waals surface area contributed by atoms with Crippen molar-refractivity contribution < 1.29 is 0 Å². The molecule has 1 atom stereocenters. The third-order valence-electron chi connectivity index (χ3n) is 1.77. The lowest BCUT2D eigenvalue weighted by atomic mass is 10.1. The van der Waals surface area contributed by atoms with E-state index in [0.717, 1.165) is 6.42 Å². The van der Waals surface area contributed by atoms with Crippen LogP contribution in [0, 0.1) is 5.92 Å². The highest BCUT2D eigenvalue weighted by Crippen LogP contribution is 2.32. The molecule has 1 fully saturated rings. The largest absolute Gasteiger partial charge is 0.0995 e. The molecule has 1 aliphatic carbocycles. The molecule has 1 unspecified atom stereocenters. The van der Waals surface area contributed by atoms with Gasteiger partial charge in [-0.3, -0.25) is 0 Å². The Kier molecular flexibility index (Phi) is 1.24. The molecule has 1 rings (SSSR count). The van der Waals surface area contributed by atoms with E-state index in [9.17, 15) is 0 Å². The highest BCUT2D eigenvalue weighted by Gasteiger charge is 2.16. The third kappa shape index (κ3) is 0.835. The molecule has 0 radical (unpaired) electrons. The number of allylic oxidation sites excluding steroid dienone is 2. The third-order valence-corrected chi connectivity index (χ3v) is 1.77. The van der Waals surface area contributed by atoms with Crippen LogP contribution in [-0.4, -0.2) is 0 Å². The van der Waals surface area contributed by atoms with E-state index in [1.807, 2.05) is 0 Å². The van der Waals surface area contributed by atoms with Gasteiger partial charge in [0, 0.05) is 0 Å². The minimum atomic E-state index is 0.697. The first-order valence-corrected chi connectivity index (χ1v) is 3.04. The first kappa shape index (κ1) is 5.61. The van der Waals surface area contributed by atoms with E-state index in [2.05, 4.69) is 20.1 Å². The van der Waals surface area contributed by atoms with Crippen LogP contribution in [-0.2, 0) is 0 Å². The highest BCUT2D eigenvalue weighted by atomic mass is 14.2. The van der Waals surface area contributed by atoms with Gasteiger partial charge < -0.3 is 0 Å². The van der Waals surface area contributed by atoms with Crippen LogP contribution in [0.25, 0.3) is 0 Å². The SMILES string of the molecule is C=C1CC(=C)C(C)C1. The summed E-state index contributed by atoms with van der Waals surface area (Å²) in [5.74, 6) is 0.697. The minimum absolute atomic E-state index is 0.697. The van der Waals surface area contributed by atoms with E-state index in [1.54, 1.807) is 0 Å². The number of hydrogen-bond donors (Lipinski definition) is 0. The van der Waals surface area contributed by atoms with Gasteiger partial charge in [0.15, 0.2) is 0 Å². The van der Waals surface area contributed by atoms with Crippen molar-refractivity contribution in [3.05, 3.63) is 24.3 Å². The van der Waals surface area contributed by atoms with Crippen molar-refractivity contribution >= 4 is 0 Å². The molecule has 0 aliphatic heterocycles. The number of rotatable bonds is 0. The van der Waals surface area contributed by atoms with Crippen LogP contribution in [0.1, 0.15) is 19.8 Å². The van der Waals surface area contributed by atoms with Crippen LogP contribution in [0.4, 0.5) is 0 Å². The van der Waals surface area contributed by atoms with Crippen molar-refractivity contribution in [3.63, 3.8) is 0 Å². The van der Waals surface area contributed by atoms with Gasteiger partial charge in [-0.25, -0.2) is 0 Å². The maximum absolute atomic E-state index is 3.92. The number of hydrogen-bond acceptors (Lipinski definition) is 0. The molecule has 0 nitrogen and oxygen atoms in total. The molecule has 0 aromatic carbocycles. The standard InChI is InChI=1S/C8H12/c1-6-4-7(2)8(3)5-6/h8H,1-2,4-5H2,3H3. The van der Waals surface area contributed by atoms with Gasteiger partial charge in [-0.1, -0.05) is 31.2 Å². The molecule has 0 heteroatoms. The first-order valence-electron chi connectivity index (χ1n) is 3.04. The van der Waals surface area contributed by atoms with Crippen LogP contribution in [0.2, 0.25) is 0 Å². The summed E-state index contributed by atoms with van der Waals surface area (Å²) in [6.45, 7) is 10.0. The Morgan fingerprint density at radius 2 is 2.12 bits per heavy atom. The summed E-state index contributed by atoms with van der Waals surface area (Å²) in [5, 5.41) is 0. The van der Waals surface area contributed by atoms with Crippen molar-refractivity contribution in [2.24, 2.45) is 5.92 Å². The zero-order valence-electron chi connectivity index (χ0n) is 5.41. The second-order valence-electron chi connectivity index (χ2n) is 2.69. The molecular weight excluding hydrogens is 96.1 g/mol. The van der Waals surface area contributed by atoms with Gasteiger partial charge >= 0.3 is 0 Å². The Hall–Kier alpha value is -0.520. The van der Waals surface area contributed by atoms with E-state index >= 15 is 0 Å². The normalized spacial score (nSPS) is 29.4. The van der Waals surface area contributed by atoms with E-state index in [4.69, 9.17) is 0 Å². The van der Waals surface area contributed by atoms with Gasteiger partial charge in [-0.2, -0.15) is 0 Å². The van der Waals surface area contributed by atoms with E-state index < -0.39 is 0 Å². The maximum Gasteiger partial charge on any atom is -0.0111 e. The van der Waals surface area contributed by atoms with E-state index in [0.29, 0.717) is 5.92 Å². The van der Waals surface area contributed by atoms with Gasteiger partial charge in [0.1, 0.15) is 0 Å². The summed E-state index contributed by atoms with van der Waals surface area (Å²) in [5.41, 5.74) is 2.71. The van der Waals surface area contributed by atoms with Crippen molar-refractivity contribution in [3.8, 4) is 0 Å². The Labute approximate surface area is 50.9 Å². The highest BCUT2D eigenvalue weighted by molar-refractivity contribution is 5.20. The Bertz CT molecular complexity index is 131. The quantitative estimate of drug-likeness (QED) is 0.418. The molecule has 0 saturated heterocycles. The van der Waals surface area contributed by atoms with Crippen molar-refractivity contribution in [2.75, 3.05) is 0 Å². The summed E-state index contributed by atoms with van der Waals surface area (Å²) >= 11 is 0. The Morgan fingerprint density at radius 3 is 2.25 bits per heavy atom. The molecular formula is C8H12. The van der Waals surface area contributed by atoms with Crippen molar-refractivity contribution in [1.29, 1.82) is 0 Å². The molecule has 0 amide bonds. The van der Waals surface area contributed by atoms with E-state index in [1.165, 1.54) is 17.6 Å². The van der Waals surface area contributed by atoms with Crippen LogP contribution in [0.15, 0.2) is 24.3 Å². The van der Waals surface area contributed by atoms with E-state index in [-0.39, 0.29) is 0 Å². The van der Waals surface area contributed by atoms with Gasteiger partial charge in [0.25, 0.3) is 0 Å². The fourth-order valence-corrected chi connectivity index (χ4v) is 1.14. The zero-order chi connectivity index (χ0) is 6.15. The first-order chi connectivity index (χ1) is 3.70. The lowest BCUT2D eigenvalue weighted by Gasteiger charge is -1.96. The van der Waals surface area contributed by atoms with Crippen molar-refractivity contribution in [2.45, 2.75) is 19.8 Å². The van der Waals surface area contributed by atoms with Gasteiger partial charge in [-0.05, 0) is 18.8 Å². The molecule has 1 aliphatic rings. The second-order valence-corrected chi connectivity index (χ2v) is 2.69. The van der Waals surface area contributed by atoms with Gasteiger partial charge in [-0.15, -0.1) is 0 Å². The minimum Gasteiger partial charge on any atom is -0.0995 e. The molecule has 0 bridgehead atoms. The van der Waals surface area contributed by atoms with Gasteiger partial charge in [0.2, 0.25) is 0 Å². The van der Waals surface area contributed by atoms with Crippen LogP contribution in [0.5, 0.6) is 0 Å². The van der Waals surface area contributed by atoms with Crippen LogP contribution >= 0.6 is 0 Å². The predicted molar refractivity (Wildman–Crippen MR) is 36.7 cm³/mol. The summed E-state index contributed by atoms with van der Waals surface area (Å²) < 4.78 is 0. The van der Waals surface area contributed by atoms with Gasteiger partial charge in [0.05, 0.1) is 0 Å². The molecule has 0 aromatic heterocycles. The fraction of sp³-hybridized carbons (Fsp3) is 0.500. The van der Waals surface area contributed by atoms with Crippen molar-refractivity contribution in [1.82, 2.24) is 0 Å². The topological polar surface area (TPSA) is 0 Å². The van der Waals surface area contributed by atoms with Crippen LogP contribution in [0.3, 0.4) is 0 Å². The molecule has 0 N–H and O–H groups in total. The average Bonchev–Trinajstić information content (AvgIpc) is 1.85. The molecule has 8 heavy (non-hydrogen) atoms. The second kappa shape index (κ2) is 1.77. The molecule has 0 spiro atoms. The predicted octanol–water partition coefficient (Wildman–Crippen LogP) is 2.53. The molecule has 44 valence electrons. The Balaban J connectivity index is 2.64. The smallest absolute Gasteiger partial charge is 0.0111 e.